The number of pyridine rings is 1. The van der Waals surface area contributed by atoms with E-state index in [1.165, 1.54) is 0 Å². The molecule has 1 saturated heterocycles. The van der Waals surface area contributed by atoms with Crippen LogP contribution in [0.2, 0.25) is 0 Å². The predicted octanol–water partition coefficient (Wildman–Crippen LogP) is 1.23. The fourth-order valence-corrected chi connectivity index (χ4v) is 2.25. The summed E-state index contributed by atoms with van der Waals surface area (Å²) in [5, 5.41) is 11.7. The highest BCUT2D eigenvalue weighted by molar-refractivity contribution is 5.97. The molecule has 2 heterocycles. The number of nitrogens with zero attached hydrogens (tertiary/aromatic N) is 4. The molecular formula is C15H23N5O3. The fraction of sp³-hybridized carbons (Fsp3) is 0.533. The van der Waals surface area contributed by atoms with E-state index >= 15 is 0 Å². The van der Waals surface area contributed by atoms with Crippen LogP contribution in [0.15, 0.2) is 23.5 Å². The van der Waals surface area contributed by atoms with E-state index in [1.54, 1.807) is 23.2 Å². The topological polar surface area (TPSA) is 104 Å². The summed E-state index contributed by atoms with van der Waals surface area (Å²) in [6.07, 6.45) is 1.32. The molecule has 1 aliphatic heterocycles. The summed E-state index contributed by atoms with van der Waals surface area (Å²) in [5.74, 6) is 0.777. The predicted molar refractivity (Wildman–Crippen MR) is 86.8 cm³/mol. The molecule has 1 amide bonds. The summed E-state index contributed by atoms with van der Waals surface area (Å²) in [7, 11) is 0. The smallest absolute Gasteiger partial charge is 0.410 e. The van der Waals surface area contributed by atoms with E-state index in [-0.39, 0.29) is 11.9 Å². The first-order chi connectivity index (χ1) is 10.8. The monoisotopic (exact) mass is 321 g/mol. The van der Waals surface area contributed by atoms with Crippen molar-refractivity contribution in [1.29, 1.82) is 0 Å². The van der Waals surface area contributed by atoms with Gasteiger partial charge in [0.25, 0.3) is 0 Å². The standard InChI is InChI=1S/C15H23N5O3/c1-15(2,3)23-14(21)20-8-6-19(7-9-20)12-10-11(4-5-17-12)13(16)18-22/h4-5,10,22H,6-9H2,1-3H3,(H2,16,18). The third-order valence-electron chi connectivity index (χ3n) is 3.40. The Kier molecular flexibility index (Phi) is 4.92. The van der Waals surface area contributed by atoms with E-state index in [4.69, 9.17) is 15.7 Å². The van der Waals surface area contributed by atoms with Gasteiger partial charge in [-0.3, -0.25) is 0 Å². The van der Waals surface area contributed by atoms with E-state index in [0.29, 0.717) is 31.7 Å². The minimum absolute atomic E-state index is 0.0426. The average Bonchev–Trinajstić information content (AvgIpc) is 2.53. The number of anilines is 1. The van der Waals surface area contributed by atoms with E-state index in [0.717, 1.165) is 5.82 Å². The van der Waals surface area contributed by atoms with Crippen molar-refractivity contribution < 1.29 is 14.7 Å². The number of aromatic nitrogens is 1. The van der Waals surface area contributed by atoms with Gasteiger partial charge in [0.2, 0.25) is 0 Å². The molecule has 126 valence electrons. The maximum atomic E-state index is 12.0. The minimum atomic E-state index is -0.495. The van der Waals surface area contributed by atoms with Gasteiger partial charge in [0, 0.05) is 37.9 Å². The summed E-state index contributed by atoms with van der Waals surface area (Å²) in [6, 6.07) is 3.44. The molecule has 1 fully saturated rings. The molecule has 23 heavy (non-hydrogen) atoms. The number of hydrogen-bond donors (Lipinski definition) is 2. The second-order valence-electron chi connectivity index (χ2n) is 6.34. The van der Waals surface area contributed by atoms with Crippen molar-refractivity contribution in [2.45, 2.75) is 26.4 Å². The number of hydrogen-bond acceptors (Lipinski definition) is 6. The van der Waals surface area contributed by atoms with Crippen LogP contribution >= 0.6 is 0 Å². The van der Waals surface area contributed by atoms with Gasteiger partial charge in [0.1, 0.15) is 11.4 Å². The molecule has 2 rings (SSSR count). The molecular weight excluding hydrogens is 298 g/mol. The highest BCUT2D eigenvalue weighted by atomic mass is 16.6. The van der Waals surface area contributed by atoms with Crippen LogP contribution in [-0.4, -0.2) is 58.8 Å². The Hall–Kier alpha value is -2.51. The van der Waals surface area contributed by atoms with Crippen LogP contribution in [0.3, 0.4) is 0 Å². The number of amidine groups is 1. The first-order valence-corrected chi connectivity index (χ1v) is 7.47. The first-order valence-electron chi connectivity index (χ1n) is 7.47. The van der Waals surface area contributed by atoms with Crippen molar-refractivity contribution in [1.82, 2.24) is 9.88 Å². The van der Waals surface area contributed by atoms with Crippen molar-refractivity contribution in [3.8, 4) is 0 Å². The summed E-state index contributed by atoms with van der Waals surface area (Å²) >= 11 is 0. The number of amides is 1. The summed E-state index contributed by atoms with van der Waals surface area (Å²) < 4.78 is 5.38. The average molecular weight is 321 g/mol. The molecule has 0 spiro atoms. The molecule has 1 aromatic heterocycles. The number of carbonyl (C=O) groups excluding carboxylic acids is 1. The Morgan fingerprint density at radius 1 is 1.35 bits per heavy atom. The zero-order chi connectivity index (χ0) is 17.0. The normalized spacial score (nSPS) is 16.4. The third-order valence-corrected chi connectivity index (χ3v) is 3.40. The number of piperazine rings is 1. The molecule has 0 saturated carbocycles. The van der Waals surface area contributed by atoms with Crippen molar-refractivity contribution in [3.05, 3.63) is 23.9 Å². The van der Waals surface area contributed by atoms with E-state index in [1.807, 2.05) is 20.8 Å². The van der Waals surface area contributed by atoms with Gasteiger partial charge in [0.15, 0.2) is 5.84 Å². The number of ether oxygens (including phenoxy) is 1. The fourth-order valence-electron chi connectivity index (χ4n) is 2.25. The van der Waals surface area contributed by atoms with Gasteiger partial charge in [-0.1, -0.05) is 5.16 Å². The highest BCUT2D eigenvalue weighted by Crippen LogP contribution is 2.17. The lowest BCUT2D eigenvalue weighted by Crippen LogP contribution is -2.50. The van der Waals surface area contributed by atoms with Crippen molar-refractivity contribution in [3.63, 3.8) is 0 Å². The maximum absolute atomic E-state index is 12.0. The number of rotatable bonds is 2. The van der Waals surface area contributed by atoms with E-state index in [2.05, 4.69) is 15.0 Å². The second-order valence-corrected chi connectivity index (χ2v) is 6.34. The van der Waals surface area contributed by atoms with Gasteiger partial charge in [0.05, 0.1) is 0 Å². The molecule has 8 heteroatoms. The van der Waals surface area contributed by atoms with Crippen LogP contribution in [0, 0.1) is 0 Å². The maximum Gasteiger partial charge on any atom is 0.410 e. The molecule has 0 unspecified atom stereocenters. The number of oxime groups is 1. The van der Waals surface area contributed by atoms with Crippen LogP contribution in [0.1, 0.15) is 26.3 Å². The first kappa shape index (κ1) is 16.9. The largest absolute Gasteiger partial charge is 0.444 e. The lowest BCUT2D eigenvalue weighted by molar-refractivity contribution is 0.0240. The Bertz CT molecular complexity index is 589. The van der Waals surface area contributed by atoms with Crippen LogP contribution < -0.4 is 10.6 Å². The van der Waals surface area contributed by atoms with Gasteiger partial charge < -0.3 is 25.5 Å². The van der Waals surface area contributed by atoms with Gasteiger partial charge in [-0.15, -0.1) is 0 Å². The molecule has 0 bridgehead atoms. The zero-order valence-corrected chi connectivity index (χ0v) is 13.7. The van der Waals surface area contributed by atoms with Crippen LogP contribution in [0.5, 0.6) is 0 Å². The minimum Gasteiger partial charge on any atom is -0.444 e. The van der Waals surface area contributed by atoms with Crippen molar-refractivity contribution >= 4 is 17.7 Å². The molecule has 1 aromatic rings. The number of carbonyl (C=O) groups is 1. The summed E-state index contributed by atoms with van der Waals surface area (Å²) in [5.41, 5.74) is 5.71. The lowest BCUT2D eigenvalue weighted by Gasteiger charge is -2.36. The van der Waals surface area contributed by atoms with Gasteiger partial charge in [-0.25, -0.2) is 9.78 Å². The van der Waals surface area contributed by atoms with Gasteiger partial charge in [-0.05, 0) is 32.9 Å². The molecule has 8 nitrogen and oxygen atoms in total. The third kappa shape index (κ3) is 4.48. The number of nitrogens with two attached hydrogens (primary N) is 1. The van der Waals surface area contributed by atoms with E-state index < -0.39 is 5.60 Å². The molecule has 0 radical (unpaired) electrons. The Balaban J connectivity index is 1.98. The lowest BCUT2D eigenvalue weighted by atomic mass is 10.2. The SMILES string of the molecule is CC(C)(C)OC(=O)N1CCN(c2cc(/C(N)=N/O)ccn2)CC1. The van der Waals surface area contributed by atoms with Crippen LogP contribution in [0.4, 0.5) is 10.6 Å². The molecule has 1 aliphatic rings. The van der Waals surface area contributed by atoms with Crippen molar-refractivity contribution in [2.24, 2.45) is 10.9 Å². The Morgan fingerprint density at radius 2 is 2.00 bits per heavy atom. The summed E-state index contributed by atoms with van der Waals surface area (Å²) in [6.45, 7) is 7.96. The van der Waals surface area contributed by atoms with Gasteiger partial charge >= 0.3 is 6.09 Å². The van der Waals surface area contributed by atoms with Gasteiger partial charge in [-0.2, -0.15) is 0 Å². The Labute approximate surface area is 135 Å². The molecule has 0 atom stereocenters. The molecule has 0 aromatic carbocycles. The Morgan fingerprint density at radius 3 is 2.57 bits per heavy atom. The highest BCUT2D eigenvalue weighted by Gasteiger charge is 2.26. The summed E-state index contributed by atoms with van der Waals surface area (Å²) in [4.78, 5) is 20.1. The van der Waals surface area contributed by atoms with Crippen LogP contribution in [-0.2, 0) is 4.74 Å². The molecule has 3 N–H and O–H groups in total. The second kappa shape index (κ2) is 6.72. The zero-order valence-electron chi connectivity index (χ0n) is 13.7. The van der Waals surface area contributed by atoms with Crippen LogP contribution in [0.25, 0.3) is 0 Å². The van der Waals surface area contributed by atoms with Crippen molar-refractivity contribution in [2.75, 3.05) is 31.1 Å². The quantitative estimate of drug-likeness (QED) is 0.367. The molecule has 0 aliphatic carbocycles. The van der Waals surface area contributed by atoms with E-state index in [9.17, 15) is 4.79 Å².